The van der Waals surface area contributed by atoms with Crippen molar-refractivity contribution in [1.29, 1.82) is 0 Å². The predicted octanol–water partition coefficient (Wildman–Crippen LogP) is 2.01. The van der Waals surface area contributed by atoms with Crippen molar-refractivity contribution in [3.63, 3.8) is 0 Å². The monoisotopic (exact) mass is 352 g/mol. The van der Waals surface area contributed by atoms with Crippen LogP contribution in [0.2, 0.25) is 0 Å². The van der Waals surface area contributed by atoms with Gasteiger partial charge in [-0.05, 0) is 25.0 Å². The van der Waals surface area contributed by atoms with Gasteiger partial charge in [-0.2, -0.15) is 0 Å². The van der Waals surface area contributed by atoms with Gasteiger partial charge in [0.25, 0.3) is 5.91 Å². The molecule has 1 amide bonds. The van der Waals surface area contributed by atoms with Gasteiger partial charge in [0.05, 0.1) is 11.9 Å². The lowest BCUT2D eigenvalue weighted by Crippen LogP contribution is -2.43. The number of hydrogen-bond acceptors (Lipinski definition) is 4. The molecule has 0 aliphatic carbocycles. The van der Waals surface area contributed by atoms with E-state index in [2.05, 4.69) is 0 Å². The van der Waals surface area contributed by atoms with Gasteiger partial charge in [-0.25, -0.2) is 8.42 Å². The molecule has 132 valence electrons. The molecule has 0 N–H and O–H groups in total. The number of anilines is 1. The number of hydrogen-bond donors (Lipinski definition) is 0. The first-order valence-corrected chi connectivity index (χ1v) is 10.3. The van der Waals surface area contributed by atoms with Crippen molar-refractivity contribution in [2.24, 2.45) is 0 Å². The lowest BCUT2D eigenvalue weighted by atomic mass is 10.2. The first-order chi connectivity index (χ1) is 11.5. The Morgan fingerprint density at radius 1 is 1.08 bits per heavy atom. The van der Waals surface area contributed by atoms with E-state index in [9.17, 15) is 13.2 Å². The molecule has 1 aromatic rings. The van der Waals surface area contributed by atoms with Crippen molar-refractivity contribution in [3.05, 3.63) is 24.3 Å². The van der Waals surface area contributed by atoms with Crippen molar-refractivity contribution < 1.29 is 17.9 Å². The number of carbonyl (C=O) groups excluding carboxylic acids is 1. The van der Waals surface area contributed by atoms with E-state index in [0.717, 1.165) is 38.8 Å². The highest BCUT2D eigenvalue weighted by atomic mass is 32.2. The van der Waals surface area contributed by atoms with Crippen molar-refractivity contribution in [2.75, 3.05) is 30.2 Å². The number of nitrogens with zero attached hydrogens (tertiary/aromatic N) is 2. The molecule has 0 aromatic heterocycles. The maximum Gasteiger partial charge on any atom is 0.263 e. The highest BCUT2D eigenvalue weighted by Crippen LogP contribution is 2.34. The SMILES string of the molecule is CS(=O)(=O)N1CCC(C(=O)N2CCCCCC2)Oc2ccccc21. The van der Waals surface area contributed by atoms with Crippen molar-refractivity contribution in [3.8, 4) is 5.75 Å². The molecule has 6 nitrogen and oxygen atoms in total. The van der Waals surface area contributed by atoms with Gasteiger partial charge in [0.15, 0.2) is 6.10 Å². The van der Waals surface area contributed by atoms with Crippen LogP contribution in [0.3, 0.4) is 0 Å². The van der Waals surface area contributed by atoms with E-state index in [-0.39, 0.29) is 12.5 Å². The molecular formula is C17H24N2O4S. The molecule has 7 heteroatoms. The zero-order valence-corrected chi connectivity index (χ0v) is 14.8. The fraction of sp³-hybridized carbons (Fsp3) is 0.588. The van der Waals surface area contributed by atoms with Gasteiger partial charge in [0.2, 0.25) is 10.0 Å². The van der Waals surface area contributed by atoms with Gasteiger partial charge in [-0.1, -0.05) is 25.0 Å². The molecule has 2 heterocycles. The number of rotatable bonds is 2. The molecule has 0 spiro atoms. The van der Waals surface area contributed by atoms with E-state index >= 15 is 0 Å². The third-order valence-corrected chi connectivity index (χ3v) is 5.77. The molecule has 1 unspecified atom stereocenters. The second-order valence-corrected chi connectivity index (χ2v) is 8.34. The van der Waals surface area contributed by atoms with Gasteiger partial charge >= 0.3 is 0 Å². The number of benzene rings is 1. The summed E-state index contributed by atoms with van der Waals surface area (Å²) < 4.78 is 31.5. The van der Waals surface area contributed by atoms with Crippen LogP contribution in [0.15, 0.2) is 24.3 Å². The molecule has 2 aliphatic rings. The highest BCUT2D eigenvalue weighted by Gasteiger charge is 2.33. The van der Waals surface area contributed by atoms with Crippen LogP contribution in [0.25, 0.3) is 0 Å². The summed E-state index contributed by atoms with van der Waals surface area (Å²) >= 11 is 0. The summed E-state index contributed by atoms with van der Waals surface area (Å²) in [4.78, 5) is 14.7. The number of likely N-dealkylation sites (tertiary alicyclic amines) is 1. The first-order valence-electron chi connectivity index (χ1n) is 8.49. The van der Waals surface area contributed by atoms with Crippen molar-refractivity contribution in [1.82, 2.24) is 4.90 Å². The van der Waals surface area contributed by atoms with Crippen LogP contribution >= 0.6 is 0 Å². The smallest absolute Gasteiger partial charge is 0.263 e. The average Bonchev–Trinajstić information content (AvgIpc) is 2.92. The van der Waals surface area contributed by atoms with Crippen LogP contribution in [0.5, 0.6) is 5.75 Å². The van der Waals surface area contributed by atoms with Crippen LogP contribution in [-0.4, -0.2) is 51.2 Å². The largest absolute Gasteiger partial charge is 0.478 e. The summed E-state index contributed by atoms with van der Waals surface area (Å²) in [6.45, 7) is 1.77. The maximum absolute atomic E-state index is 12.9. The van der Waals surface area contributed by atoms with Crippen LogP contribution in [0, 0.1) is 0 Å². The van der Waals surface area contributed by atoms with E-state index < -0.39 is 16.1 Å². The minimum absolute atomic E-state index is 0.0259. The molecule has 0 bridgehead atoms. The summed E-state index contributed by atoms with van der Waals surface area (Å²) in [5.41, 5.74) is 0.506. The third-order valence-electron chi connectivity index (χ3n) is 4.59. The standard InChI is InChI=1S/C17H24N2O4S/c1-24(21,22)19-13-10-16(23-15-9-5-4-8-14(15)19)17(20)18-11-6-2-3-7-12-18/h4-5,8-9,16H,2-3,6-7,10-13H2,1H3. The minimum Gasteiger partial charge on any atom is -0.478 e. The Balaban J connectivity index is 1.85. The molecule has 0 saturated carbocycles. The van der Waals surface area contributed by atoms with Gasteiger partial charge in [-0.3, -0.25) is 9.10 Å². The Kier molecular flexibility index (Phi) is 4.99. The fourth-order valence-corrected chi connectivity index (χ4v) is 4.29. The number of fused-ring (bicyclic) bond motifs is 1. The number of carbonyl (C=O) groups is 1. The molecule has 1 saturated heterocycles. The normalized spacial score (nSPS) is 22.1. The summed E-state index contributed by atoms with van der Waals surface area (Å²) in [6, 6.07) is 7.01. The summed E-state index contributed by atoms with van der Waals surface area (Å²) in [6.07, 6.45) is 5.25. The molecule has 1 fully saturated rings. The second-order valence-electron chi connectivity index (χ2n) is 6.44. The van der Waals surface area contributed by atoms with E-state index in [1.807, 2.05) is 4.90 Å². The van der Waals surface area contributed by atoms with Gasteiger partial charge in [0.1, 0.15) is 5.75 Å². The van der Waals surface area contributed by atoms with Crippen LogP contribution in [0.1, 0.15) is 32.1 Å². The molecule has 2 aliphatic heterocycles. The molecule has 3 rings (SSSR count). The quantitative estimate of drug-likeness (QED) is 0.817. The van der Waals surface area contributed by atoms with E-state index in [1.165, 1.54) is 10.6 Å². The summed E-state index contributed by atoms with van der Waals surface area (Å²) in [5.74, 6) is 0.427. The van der Waals surface area contributed by atoms with Crippen LogP contribution < -0.4 is 9.04 Å². The minimum atomic E-state index is -3.41. The van der Waals surface area contributed by atoms with Gasteiger partial charge in [0, 0.05) is 26.1 Å². The number of ether oxygens (including phenoxy) is 1. The zero-order chi connectivity index (χ0) is 17.2. The van der Waals surface area contributed by atoms with Gasteiger partial charge < -0.3 is 9.64 Å². The molecule has 24 heavy (non-hydrogen) atoms. The average molecular weight is 352 g/mol. The number of amides is 1. The topological polar surface area (TPSA) is 66.9 Å². The molecular weight excluding hydrogens is 328 g/mol. The van der Waals surface area contributed by atoms with E-state index in [1.54, 1.807) is 24.3 Å². The Hall–Kier alpha value is -1.76. The van der Waals surface area contributed by atoms with Crippen molar-refractivity contribution >= 4 is 21.6 Å². The predicted molar refractivity (Wildman–Crippen MR) is 92.7 cm³/mol. The molecule has 1 atom stereocenters. The Morgan fingerprint density at radius 3 is 2.42 bits per heavy atom. The lowest BCUT2D eigenvalue weighted by molar-refractivity contribution is -0.138. The third kappa shape index (κ3) is 3.66. The zero-order valence-electron chi connectivity index (χ0n) is 14.0. The summed E-state index contributed by atoms with van der Waals surface area (Å²) in [7, 11) is -3.41. The highest BCUT2D eigenvalue weighted by molar-refractivity contribution is 7.92. The Labute approximate surface area is 143 Å². The lowest BCUT2D eigenvalue weighted by Gasteiger charge is -2.25. The Morgan fingerprint density at radius 2 is 1.75 bits per heavy atom. The van der Waals surface area contributed by atoms with Crippen LogP contribution in [-0.2, 0) is 14.8 Å². The maximum atomic E-state index is 12.9. The second kappa shape index (κ2) is 7.01. The van der Waals surface area contributed by atoms with E-state index in [4.69, 9.17) is 4.74 Å². The van der Waals surface area contributed by atoms with E-state index in [0.29, 0.717) is 17.9 Å². The van der Waals surface area contributed by atoms with Crippen LogP contribution in [0.4, 0.5) is 5.69 Å². The number of sulfonamides is 1. The summed E-state index contributed by atoms with van der Waals surface area (Å²) in [5, 5.41) is 0. The number of para-hydroxylation sites is 2. The fourth-order valence-electron chi connectivity index (χ4n) is 3.34. The molecule has 1 aromatic carbocycles. The first kappa shape index (κ1) is 17.1. The van der Waals surface area contributed by atoms with Crippen molar-refractivity contribution in [2.45, 2.75) is 38.2 Å². The van der Waals surface area contributed by atoms with Gasteiger partial charge in [-0.15, -0.1) is 0 Å². The molecule has 0 radical (unpaired) electrons. The Bertz CT molecular complexity index is 696.